The first-order valence-corrected chi connectivity index (χ1v) is 8.63. The summed E-state index contributed by atoms with van der Waals surface area (Å²) in [6.45, 7) is 0. The van der Waals surface area contributed by atoms with Gasteiger partial charge in [0.05, 0.1) is 29.0 Å². The Balaban J connectivity index is 1.83. The van der Waals surface area contributed by atoms with Gasteiger partial charge in [0, 0.05) is 5.02 Å². The van der Waals surface area contributed by atoms with Gasteiger partial charge in [0.1, 0.15) is 0 Å². The van der Waals surface area contributed by atoms with E-state index in [1.165, 1.54) is 6.07 Å². The Morgan fingerprint density at radius 3 is 2.30 bits per heavy atom. The molecule has 0 bridgehead atoms. The first-order valence-electron chi connectivity index (χ1n) is 8.25. The lowest BCUT2D eigenvalue weighted by atomic mass is 10.1. The molecule has 27 heavy (non-hydrogen) atoms. The third kappa shape index (κ3) is 4.86. The summed E-state index contributed by atoms with van der Waals surface area (Å²) in [7, 11) is 0. The van der Waals surface area contributed by atoms with Gasteiger partial charge in [-0.15, -0.1) is 0 Å². The Labute approximate surface area is 161 Å². The molecule has 0 saturated carbocycles. The van der Waals surface area contributed by atoms with E-state index in [0.29, 0.717) is 22.1 Å². The molecule has 0 unspecified atom stereocenters. The van der Waals surface area contributed by atoms with Gasteiger partial charge in [-0.05, 0) is 35.9 Å². The van der Waals surface area contributed by atoms with Gasteiger partial charge in [-0.3, -0.25) is 4.79 Å². The number of hydrogen-bond acceptors (Lipinski definition) is 3. The molecule has 0 aromatic heterocycles. The van der Waals surface area contributed by atoms with Crippen LogP contribution in [0.25, 0.3) is 0 Å². The quantitative estimate of drug-likeness (QED) is 0.564. The Kier molecular flexibility index (Phi) is 5.74. The van der Waals surface area contributed by atoms with Crippen LogP contribution < -0.4 is 10.6 Å². The molecular weight excluding hydrogens is 364 g/mol. The zero-order chi connectivity index (χ0) is 19.2. The number of hydrogen-bond donors (Lipinski definition) is 3. The average molecular weight is 381 g/mol. The maximum absolute atomic E-state index is 12.4. The Morgan fingerprint density at radius 1 is 0.852 bits per heavy atom. The van der Waals surface area contributed by atoms with E-state index in [2.05, 4.69) is 10.6 Å². The van der Waals surface area contributed by atoms with E-state index in [9.17, 15) is 14.7 Å². The number of benzene rings is 3. The van der Waals surface area contributed by atoms with Crippen LogP contribution in [0, 0.1) is 0 Å². The van der Waals surface area contributed by atoms with Crippen molar-refractivity contribution in [1.82, 2.24) is 0 Å². The Morgan fingerprint density at radius 2 is 1.56 bits per heavy atom. The topological polar surface area (TPSA) is 78.4 Å². The lowest BCUT2D eigenvalue weighted by molar-refractivity contribution is -0.115. The van der Waals surface area contributed by atoms with Crippen molar-refractivity contribution in [3.05, 3.63) is 88.9 Å². The number of aromatic carboxylic acids is 1. The fourth-order valence-electron chi connectivity index (χ4n) is 2.63. The molecule has 0 aliphatic heterocycles. The van der Waals surface area contributed by atoms with E-state index in [0.717, 1.165) is 5.56 Å². The van der Waals surface area contributed by atoms with Crippen molar-refractivity contribution in [3.8, 4) is 0 Å². The summed E-state index contributed by atoms with van der Waals surface area (Å²) in [6, 6.07) is 20.9. The second-order valence-corrected chi connectivity index (χ2v) is 6.31. The van der Waals surface area contributed by atoms with Crippen molar-refractivity contribution in [2.24, 2.45) is 0 Å². The number of amides is 1. The number of anilines is 3. The lowest BCUT2D eigenvalue weighted by Crippen LogP contribution is -2.15. The SMILES string of the molecule is O=C(Cc1ccccc1)Nc1ccc(Cl)cc1Nc1ccccc1C(=O)O. The molecule has 0 aliphatic carbocycles. The van der Waals surface area contributed by atoms with Crippen LogP contribution in [0.1, 0.15) is 15.9 Å². The minimum Gasteiger partial charge on any atom is -0.478 e. The lowest BCUT2D eigenvalue weighted by Gasteiger charge is -2.15. The van der Waals surface area contributed by atoms with Crippen molar-refractivity contribution in [2.45, 2.75) is 6.42 Å². The summed E-state index contributed by atoms with van der Waals surface area (Å²) in [5.41, 5.74) is 2.46. The Bertz CT molecular complexity index is 974. The van der Waals surface area contributed by atoms with Gasteiger partial charge < -0.3 is 15.7 Å². The second-order valence-electron chi connectivity index (χ2n) is 5.88. The van der Waals surface area contributed by atoms with Crippen molar-refractivity contribution >= 4 is 40.5 Å². The molecule has 0 spiro atoms. The van der Waals surface area contributed by atoms with Crippen molar-refractivity contribution < 1.29 is 14.7 Å². The minimum absolute atomic E-state index is 0.124. The highest BCUT2D eigenvalue weighted by atomic mass is 35.5. The predicted molar refractivity (Wildman–Crippen MR) is 107 cm³/mol. The van der Waals surface area contributed by atoms with Gasteiger partial charge in [-0.25, -0.2) is 4.79 Å². The first-order chi connectivity index (χ1) is 13.0. The molecule has 0 fully saturated rings. The van der Waals surface area contributed by atoms with Gasteiger partial charge in [0.25, 0.3) is 0 Å². The van der Waals surface area contributed by atoms with Gasteiger partial charge in [0.2, 0.25) is 5.91 Å². The zero-order valence-corrected chi connectivity index (χ0v) is 15.0. The van der Waals surface area contributed by atoms with Crippen LogP contribution >= 0.6 is 11.6 Å². The van der Waals surface area contributed by atoms with Gasteiger partial charge >= 0.3 is 5.97 Å². The van der Waals surface area contributed by atoms with E-state index >= 15 is 0 Å². The third-order valence-corrected chi connectivity index (χ3v) is 4.13. The van der Waals surface area contributed by atoms with Crippen LogP contribution in [0.15, 0.2) is 72.8 Å². The summed E-state index contributed by atoms with van der Waals surface area (Å²) >= 11 is 6.08. The molecule has 3 aromatic rings. The van der Waals surface area contributed by atoms with Gasteiger partial charge in [-0.1, -0.05) is 54.1 Å². The molecule has 6 heteroatoms. The molecule has 5 nitrogen and oxygen atoms in total. The van der Waals surface area contributed by atoms with E-state index in [-0.39, 0.29) is 17.9 Å². The number of para-hydroxylation sites is 1. The number of halogens is 1. The first kappa shape index (κ1) is 18.5. The molecule has 136 valence electrons. The number of rotatable bonds is 6. The fraction of sp³-hybridized carbons (Fsp3) is 0.0476. The predicted octanol–water partition coefficient (Wildman–Crippen LogP) is 4.96. The van der Waals surface area contributed by atoms with E-state index in [4.69, 9.17) is 11.6 Å². The van der Waals surface area contributed by atoms with Crippen LogP contribution in [-0.2, 0) is 11.2 Å². The fourth-order valence-corrected chi connectivity index (χ4v) is 2.80. The molecule has 0 aliphatic rings. The van der Waals surface area contributed by atoms with E-state index in [1.54, 1.807) is 36.4 Å². The second kappa shape index (κ2) is 8.38. The molecule has 3 rings (SSSR count). The highest BCUT2D eigenvalue weighted by molar-refractivity contribution is 6.31. The van der Waals surface area contributed by atoms with Crippen molar-refractivity contribution in [3.63, 3.8) is 0 Å². The van der Waals surface area contributed by atoms with Crippen molar-refractivity contribution in [1.29, 1.82) is 0 Å². The number of carboxylic acid groups (broad SMARTS) is 1. The molecule has 1 amide bonds. The van der Waals surface area contributed by atoms with Crippen LogP contribution in [0.5, 0.6) is 0 Å². The summed E-state index contributed by atoms with van der Waals surface area (Å²) < 4.78 is 0. The monoisotopic (exact) mass is 380 g/mol. The average Bonchev–Trinajstić information content (AvgIpc) is 2.65. The van der Waals surface area contributed by atoms with Crippen molar-refractivity contribution in [2.75, 3.05) is 10.6 Å². The number of carbonyl (C=O) groups excluding carboxylic acids is 1. The smallest absolute Gasteiger partial charge is 0.337 e. The normalized spacial score (nSPS) is 10.3. The largest absolute Gasteiger partial charge is 0.478 e. The minimum atomic E-state index is -1.05. The standard InChI is InChI=1S/C21H17ClN2O3/c22-15-10-11-18(24-20(25)12-14-6-2-1-3-7-14)19(13-15)23-17-9-5-4-8-16(17)21(26)27/h1-11,13,23H,12H2,(H,24,25)(H,26,27). The molecule has 0 heterocycles. The van der Waals surface area contributed by atoms with Gasteiger partial charge in [0.15, 0.2) is 0 Å². The molecule has 3 aromatic carbocycles. The Hall–Kier alpha value is -3.31. The molecule has 0 radical (unpaired) electrons. The molecule has 0 saturated heterocycles. The zero-order valence-electron chi connectivity index (χ0n) is 14.3. The molecule has 0 atom stereocenters. The van der Waals surface area contributed by atoms with Crippen LogP contribution in [0.3, 0.4) is 0 Å². The van der Waals surface area contributed by atoms with E-state index in [1.807, 2.05) is 30.3 Å². The van der Waals surface area contributed by atoms with Gasteiger partial charge in [-0.2, -0.15) is 0 Å². The summed E-state index contributed by atoms with van der Waals surface area (Å²) in [4.78, 5) is 23.8. The summed E-state index contributed by atoms with van der Waals surface area (Å²) in [5, 5.41) is 15.7. The highest BCUT2D eigenvalue weighted by Gasteiger charge is 2.13. The van der Waals surface area contributed by atoms with E-state index < -0.39 is 5.97 Å². The maximum Gasteiger partial charge on any atom is 0.337 e. The van der Waals surface area contributed by atoms with Crippen LogP contribution in [0.4, 0.5) is 17.1 Å². The molecule has 3 N–H and O–H groups in total. The van der Waals surface area contributed by atoms with Crippen LogP contribution in [0.2, 0.25) is 5.02 Å². The number of nitrogens with one attached hydrogen (secondary N) is 2. The highest BCUT2D eigenvalue weighted by Crippen LogP contribution is 2.30. The number of carboxylic acids is 1. The van der Waals surface area contributed by atoms with Crippen LogP contribution in [-0.4, -0.2) is 17.0 Å². The summed E-state index contributed by atoms with van der Waals surface area (Å²) in [5.74, 6) is -1.23. The number of carbonyl (C=O) groups is 2. The maximum atomic E-state index is 12.4. The molecular formula is C21H17ClN2O3. The summed E-state index contributed by atoms with van der Waals surface area (Å²) in [6.07, 6.45) is 0.231. The third-order valence-electron chi connectivity index (χ3n) is 3.89.